The highest BCUT2D eigenvalue weighted by Crippen LogP contribution is 2.47. The molecule has 0 radical (unpaired) electrons. The highest BCUT2D eigenvalue weighted by Gasteiger charge is 2.44. The Hall–Kier alpha value is -1.28. The van der Waals surface area contributed by atoms with Crippen LogP contribution in [-0.4, -0.2) is 30.6 Å². The Labute approximate surface area is 117 Å². The van der Waals surface area contributed by atoms with E-state index in [4.69, 9.17) is 0 Å². The van der Waals surface area contributed by atoms with Gasteiger partial charge in [-0.05, 0) is 39.3 Å². The molecule has 2 atom stereocenters. The molecule has 0 amide bonds. The van der Waals surface area contributed by atoms with Gasteiger partial charge in [0.15, 0.2) is 0 Å². The Morgan fingerprint density at radius 1 is 1.26 bits per heavy atom. The van der Waals surface area contributed by atoms with Crippen LogP contribution in [0.25, 0.3) is 0 Å². The second kappa shape index (κ2) is 4.68. The van der Waals surface area contributed by atoms with Crippen molar-refractivity contribution in [1.29, 1.82) is 0 Å². The lowest BCUT2D eigenvalue weighted by Gasteiger charge is -2.45. The molecule has 1 aromatic heterocycles. The molecule has 2 heteroatoms. The van der Waals surface area contributed by atoms with Crippen LogP contribution in [0.3, 0.4) is 0 Å². The fourth-order valence-corrected chi connectivity index (χ4v) is 4.00. The number of rotatable bonds is 3. The molecule has 2 unspecified atom stereocenters. The van der Waals surface area contributed by atoms with Gasteiger partial charge in [-0.15, -0.1) is 0 Å². The van der Waals surface area contributed by atoms with E-state index in [2.05, 4.69) is 71.2 Å². The summed E-state index contributed by atoms with van der Waals surface area (Å²) < 4.78 is 0.925. The number of aromatic amines is 1. The second-order valence-corrected chi connectivity index (χ2v) is 7.21. The maximum absolute atomic E-state index is 3.43. The number of nitrogens with one attached hydrogen (secondary N) is 1. The first kappa shape index (κ1) is 14.1. The minimum absolute atomic E-state index is 0.159. The van der Waals surface area contributed by atoms with Gasteiger partial charge in [-0.3, -0.25) is 0 Å². The minimum Gasteiger partial charge on any atom is -0.360 e. The van der Waals surface area contributed by atoms with E-state index in [9.17, 15) is 0 Å². The Balaban J connectivity index is 2.48. The first-order valence-corrected chi connectivity index (χ1v) is 7.03. The third-order valence-electron chi connectivity index (χ3n) is 4.01. The van der Waals surface area contributed by atoms with Crippen molar-refractivity contribution in [2.75, 3.05) is 21.1 Å². The second-order valence-electron chi connectivity index (χ2n) is 7.21. The van der Waals surface area contributed by atoms with Crippen molar-refractivity contribution in [1.82, 2.24) is 4.98 Å². The van der Waals surface area contributed by atoms with Gasteiger partial charge in [-0.25, -0.2) is 0 Å². The van der Waals surface area contributed by atoms with Crippen LogP contribution in [0.5, 0.6) is 0 Å². The van der Waals surface area contributed by atoms with Gasteiger partial charge in [0.05, 0.1) is 26.8 Å². The number of quaternary nitrogens is 1. The molecule has 0 aromatic carbocycles. The lowest BCUT2D eigenvalue weighted by atomic mass is 9.71. The molecule has 1 aromatic rings. The van der Waals surface area contributed by atoms with E-state index in [0.29, 0.717) is 6.04 Å². The average molecular weight is 259 g/mol. The van der Waals surface area contributed by atoms with Crippen molar-refractivity contribution in [3.05, 3.63) is 47.3 Å². The molecule has 0 aliphatic heterocycles. The summed E-state index contributed by atoms with van der Waals surface area (Å²) in [7, 11) is 6.86. The van der Waals surface area contributed by atoms with E-state index in [1.165, 1.54) is 16.8 Å². The smallest absolute Gasteiger partial charge is 0.138 e. The number of hydrogen-bond donors (Lipinski definition) is 1. The molecular formula is C17H27N2+. The van der Waals surface area contributed by atoms with E-state index in [0.717, 1.165) is 10.9 Å². The highest BCUT2D eigenvalue weighted by molar-refractivity contribution is 5.32. The molecule has 2 rings (SSSR count). The third-order valence-corrected chi connectivity index (χ3v) is 4.01. The standard InChI is InChI=1S/C17H27N2/c1-13-10-14(2)12-17(3,11-13)16(19(4,5)6)15-8-7-9-18-15/h7-11,16,18H,12H2,1-6H3/q+1. The van der Waals surface area contributed by atoms with Crippen molar-refractivity contribution in [2.24, 2.45) is 5.41 Å². The lowest BCUT2D eigenvalue weighted by molar-refractivity contribution is -0.909. The van der Waals surface area contributed by atoms with Gasteiger partial charge in [-0.1, -0.05) is 23.3 Å². The van der Waals surface area contributed by atoms with Gasteiger partial charge in [0, 0.05) is 11.6 Å². The van der Waals surface area contributed by atoms with Crippen LogP contribution < -0.4 is 0 Å². The third kappa shape index (κ3) is 2.84. The van der Waals surface area contributed by atoms with Crippen molar-refractivity contribution in [2.45, 2.75) is 33.2 Å². The summed E-state index contributed by atoms with van der Waals surface area (Å²) in [6.07, 6.45) is 7.92. The van der Waals surface area contributed by atoms with Gasteiger partial charge < -0.3 is 9.47 Å². The van der Waals surface area contributed by atoms with Crippen LogP contribution >= 0.6 is 0 Å². The molecule has 0 bridgehead atoms. The summed E-state index contributed by atoms with van der Waals surface area (Å²) in [4.78, 5) is 3.43. The van der Waals surface area contributed by atoms with Crippen LogP contribution in [0.15, 0.2) is 41.6 Å². The van der Waals surface area contributed by atoms with E-state index in [-0.39, 0.29) is 5.41 Å². The van der Waals surface area contributed by atoms with Gasteiger partial charge in [0.2, 0.25) is 0 Å². The quantitative estimate of drug-likeness (QED) is 0.788. The van der Waals surface area contributed by atoms with Gasteiger partial charge in [0.25, 0.3) is 0 Å². The zero-order valence-electron chi connectivity index (χ0n) is 13.1. The number of allylic oxidation sites excluding steroid dienone is 3. The monoisotopic (exact) mass is 259 g/mol. The summed E-state index contributed by atoms with van der Waals surface area (Å²) in [5, 5.41) is 0. The fourth-order valence-electron chi connectivity index (χ4n) is 4.00. The number of hydrogen-bond acceptors (Lipinski definition) is 0. The molecule has 1 heterocycles. The maximum Gasteiger partial charge on any atom is 0.138 e. The first-order chi connectivity index (χ1) is 8.72. The average Bonchev–Trinajstić information content (AvgIpc) is 2.64. The predicted octanol–water partition coefficient (Wildman–Crippen LogP) is 4.06. The zero-order chi connectivity index (χ0) is 14.3. The molecule has 1 aliphatic rings. The molecule has 19 heavy (non-hydrogen) atoms. The molecule has 0 saturated heterocycles. The van der Waals surface area contributed by atoms with Crippen LogP contribution in [0, 0.1) is 5.41 Å². The van der Waals surface area contributed by atoms with Crippen LogP contribution in [0.4, 0.5) is 0 Å². The normalized spacial score (nSPS) is 25.8. The number of H-pyrrole nitrogens is 1. The predicted molar refractivity (Wildman–Crippen MR) is 81.8 cm³/mol. The van der Waals surface area contributed by atoms with E-state index >= 15 is 0 Å². The topological polar surface area (TPSA) is 15.8 Å². The SMILES string of the molecule is CC1=CC(C)(C(c2ccc[nH]2)[N+](C)(C)C)CC(C)=C1. The molecule has 0 saturated carbocycles. The summed E-state index contributed by atoms with van der Waals surface area (Å²) in [5.74, 6) is 0. The minimum atomic E-state index is 0.159. The summed E-state index contributed by atoms with van der Waals surface area (Å²) in [6, 6.07) is 4.75. The molecule has 0 spiro atoms. The molecule has 1 aliphatic carbocycles. The Morgan fingerprint density at radius 2 is 1.95 bits per heavy atom. The van der Waals surface area contributed by atoms with Crippen molar-refractivity contribution >= 4 is 0 Å². The van der Waals surface area contributed by atoms with Gasteiger partial charge >= 0.3 is 0 Å². The molecule has 2 nitrogen and oxygen atoms in total. The van der Waals surface area contributed by atoms with Crippen molar-refractivity contribution < 1.29 is 4.48 Å². The maximum atomic E-state index is 3.43. The largest absolute Gasteiger partial charge is 0.360 e. The lowest BCUT2D eigenvalue weighted by Crippen LogP contribution is -2.47. The first-order valence-electron chi connectivity index (χ1n) is 7.03. The molecule has 104 valence electrons. The summed E-state index contributed by atoms with van der Waals surface area (Å²) in [6.45, 7) is 6.85. The van der Waals surface area contributed by atoms with E-state index in [1.807, 2.05) is 6.20 Å². The van der Waals surface area contributed by atoms with Crippen LogP contribution in [0.1, 0.15) is 38.9 Å². The highest BCUT2D eigenvalue weighted by atomic mass is 15.3. The zero-order valence-corrected chi connectivity index (χ0v) is 13.1. The molecular weight excluding hydrogens is 232 g/mol. The summed E-state index contributed by atoms with van der Waals surface area (Å²) in [5.41, 5.74) is 4.35. The number of nitrogens with zero attached hydrogens (tertiary/aromatic N) is 1. The van der Waals surface area contributed by atoms with Gasteiger partial charge in [-0.2, -0.15) is 0 Å². The van der Waals surface area contributed by atoms with Crippen molar-refractivity contribution in [3.8, 4) is 0 Å². The molecule has 0 fully saturated rings. The van der Waals surface area contributed by atoms with Crippen LogP contribution in [-0.2, 0) is 0 Å². The van der Waals surface area contributed by atoms with Gasteiger partial charge in [0.1, 0.15) is 6.04 Å². The van der Waals surface area contributed by atoms with Crippen LogP contribution in [0.2, 0.25) is 0 Å². The van der Waals surface area contributed by atoms with E-state index < -0.39 is 0 Å². The number of aromatic nitrogens is 1. The Bertz CT molecular complexity index is 500. The molecule has 1 N–H and O–H groups in total. The summed E-state index contributed by atoms with van der Waals surface area (Å²) >= 11 is 0. The Kier molecular flexibility index (Phi) is 3.48. The fraction of sp³-hybridized carbons (Fsp3) is 0.529. The van der Waals surface area contributed by atoms with E-state index in [1.54, 1.807) is 0 Å². The Morgan fingerprint density at radius 3 is 2.42 bits per heavy atom. The van der Waals surface area contributed by atoms with Crippen molar-refractivity contribution in [3.63, 3.8) is 0 Å².